The van der Waals surface area contributed by atoms with Gasteiger partial charge in [0, 0.05) is 31.6 Å². The number of aryl methyl sites for hydroxylation is 1. The zero-order valence-electron chi connectivity index (χ0n) is 16.6. The molecule has 0 atom stereocenters. The lowest BCUT2D eigenvalue weighted by atomic mass is 9.86. The maximum atomic E-state index is 12.5. The summed E-state index contributed by atoms with van der Waals surface area (Å²) in [5.74, 6) is 1.40. The first-order valence-corrected chi connectivity index (χ1v) is 10.6. The van der Waals surface area contributed by atoms with Gasteiger partial charge in [-0.3, -0.25) is 14.6 Å². The van der Waals surface area contributed by atoms with Crippen LogP contribution in [0.15, 0.2) is 18.2 Å². The molecule has 3 rings (SSSR count). The molecule has 0 aromatic carbocycles. The Morgan fingerprint density at radius 3 is 2.44 bits per heavy atom. The number of nitrogens with zero attached hydrogens (tertiary/aromatic N) is 2. The Morgan fingerprint density at radius 1 is 1.04 bits per heavy atom. The molecule has 0 unspecified atom stereocenters. The molecule has 0 radical (unpaired) electrons. The van der Waals surface area contributed by atoms with Crippen LogP contribution < -0.4 is 5.32 Å². The van der Waals surface area contributed by atoms with Crippen LogP contribution >= 0.6 is 0 Å². The minimum atomic E-state index is 0.0882. The fourth-order valence-corrected chi connectivity index (χ4v) is 4.38. The first-order valence-electron chi connectivity index (χ1n) is 10.6. The van der Waals surface area contributed by atoms with E-state index >= 15 is 0 Å². The molecule has 2 amide bonds. The molecular weight excluding hydrogens is 338 g/mol. The van der Waals surface area contributed by atoms with Crippen molar-refractivity contribution in [3.05, 3.63) is 29.6 Å². The zero-order chi connectivity index (χ0) is 19.1. The van der Waals surface area contributed by atoms with Crippen molar-refractivity contribution in [1.29, 1.82) is 0 Å². The monoisotopic (exact) mass is 371 g/mol. The van der Waals surface area contributed by atoms with E-state index in [2.05, 4.69) is 10.3 Å². The molecule has 2 aliphatic rings. The van der Waals surface area contributed by atoms with Crippen LogP contribution in [0.1, 0.15) is 69.2 Å². The van der Waals surface area contributed by atoms with Crippen molar-refractivity contribution in [3.8, 4) is 0 Å². The van der Waals surface area contributed by atoms with Crippen molar-refractivity contribution in [3.63, 3.8) is 0 Å². The van der Waals surface area contributed by atoms with Crippen molar-refractivity contribution in [2.45, 2.75) is 71.3 Å². The second-order valence-corrected chi connectivity index (χ2v) is 8.28. The number of pyridine rings is 1. The maximum Gasteiger partial charge on any atom is 0.222 e. The summed E-state index contributed by atoms with van der Waals surface area (Å²) in [6.45, 7) is 4.06. The summed E-state index contributed by atoms with van der Waals surface area (Å²) in [6, 6.07) is 5.85. The molecule has 1 N–H and O–H groups in total. The average molecular weight is 372 g/mol. The number of aromatic nitrogens is 1. The third-order valence-electron chi connectivity index (χ3n) is 6.04. The molecule has 1 aromatic heterocycles. The highest BCUT2D eigenvalue weighted by molar-refractivity contribution is 5.77. The third-order valence-corrected chi connectivity index (χ3v) is 6.04. The van der Waals surface area contributed by atoms with Crippen molar-refractivity contribution in [2.75, 3.05) is 13.1 Å². The Kier molecular flexibility index (Phi) is 7.25. The van der Waals surface area contributed by atoms with Crippen molar-refractivity contribution in [1.82, 2.24) is 15.2 Å². The van der Waals surface area contributed by atoms with Crippen LogP contribution in [0, 0.1) is 18.8 Å². The highest BCUT2D eigenvalue weighted by Gasteiger charge is 2.26. The van der Waals surface area contributed by atoms with Gasteiger partial charge in [0.1, 0.15) is 0 Å². The first kappa shape index (κ1) is 19.8. The molecule has 27 heavy (non-hydrogen) atoms. The summed E-state index contributed by atoms with van der Waals surface area (Å²) in [5, 5.41) is 2.98. The van der Waals surface area contributed by atoms with Crippen molar-refractivity contribution < 1.29 is 9.59 Å². The molecule has 5 nitrogen and oxygen atoms in total. The molecule has 1 saturated carbocycles. The van der Waals surface area contributed by atoms with Crippen molar-refractivity contribution in [2.24, 2.45) is 11.8 Å². The van der Waals surface area contributed by atoms with Gasteiger partial charge in [-0.25, -0.2) is 0 Å². The van der Waals surface area contributed by atoms with Crippen LogP contribution in [0.3, 0.4) is 0 Å². The van der Waals surface area contributed by atoms with Crippen LogP contribution in [0.25, 0.3) is 0 Å². The molecular formula is C22H33N3O2. The van der Waals surface area contributed by atoms with Gasteiger partial charge in [0.25, 0.3) is 0 Å². The smallest absolute Gasteiger partial charge is 0.222 e. The van der Waals surface area contributed by atoms with E-state index in [4.69, 9.17) is 0 Å². The fraction of sp³-hybridized carbons (Fsp3) is 0.682. The number of carbonyl (C=O) groups is 2. The van der Waals surface area contributed by atoms with Gasteiger partial charge in [-0.15, -0.1) is 0 Å². The Labute approximate surface area is 162 Å². The third kappa shape index (κ3) is 6.33. The number of hydrogen-bond donors (Lipinski definition) is 1. The van der Waals surface area contributed by atoms with Crippen molar-refractivity contribution >= 4 is 11.8 Å². The number of rotatable bonds is 6. The Hall–Kier alpha value is -1.91. The van der Waals surface area contributed by atoms with E-state index in [1.165, 1.54) is 32.1 Å². The normalized spacial score (nSPS) is 19.1. The minimum absolute atomic E-state index is 0.0882. The van der Waals surface area contributed by atoms with Gasteiger partial charge in [-0.1, -0.05) is 25.3 Å². The van der Waals surface area contributed by atoms with Gasteiger partial charge < -0.3 is 10.2 Å². The summed E-state index contributed by atoms with van der Waals surface area (Å²) in [7, 11) is 0. The van der Waals surface area contributed by atoms with E-state index in [1.807, 2.05) is 30.0 Å². The number of nitrogens with one attached hydrogen (secondary N) is 1. The summed E-state index contributed by atoms with van der Waals surface area (Å²) in [4.78, 5) is 31.2. The molecule has 2 heterocycles. The predicted octanol–water partition coefficient (Wildman–Crippen LogP) is 3.61. The van der Waals surface area contributed by atoms with Crippen LogP contribution in [0.5, 0.6) is 0 Å². The van der Waals surface area contributed by atoms with Gasteiger partial charge >= 0.3 is 0 Å². The van der Waals surface area contributed by atoms with Gasteiger partial charge in [-0.2, -0.15) is 0 Å². The van der Waals surface area contributed by atoms with E-state index in [9.17, 15) is 9.59 Å². The zero-order valence-corrected chi connectivity index (χ0v) is 16.6. The maximum absolute atomic E-state index is 12.5. The topological polar surface area (TPSA) is 62.3 Å². The Balaban J connectivity index is 1.34. The number of hydrogen-bond acceptors (Lipinski definition) is 3. The van der Waals surface area contributed by atoms with Crippen LogP contribution in [0.4, 0.5) is 0 Å². The highest BCUT2D eigenvalue weighted by Crippen LogP contribution is 2.28. The Morgan fingerprint density at radius 2 is 1.74 bits per heavy atom. The largest absolute Gasteiger partial charge is 0.350 e. The van der Waals surface area contributed by atoms with E-state index in [0.29, 0.717) is 30.7 Å². The van der Waals surface area contributed by atoms with Crippen LogP contribution in [0.2, 0.25) is 0 Å². The van der Waals surface area contributed by atoms with Gasteiger partial charge in [-0.05, 0) is 56.6 Å². The first-order chi connectivity index (χ1) is 13.1. The number of piperidine rings is 1. The molecule has 2 fully saturated rings. The lowest BCUT2D eigenvalue weighted by molar-refractivity contribution is -0.134. The van der Waals surface area contributed by atoms with Gasteiger partial charge in [0.15, 0.2) is 0 Å². The SMILES string of the molecule is Cc1cccc(CNC(=O)CC2CCN(C(=O)CC3CCCCC3)CC2)n1. The molecule has 1 aromatic rings. The van der Waals surface area contributed by atoms with E-state index < -0.39 is 0 Å². The predicted molar refractivity (Wildman–Crippen MR) is 106 cm³/mol. The summed E-state index contributed by atoms with van der Waals surface area (Å²) >= 11 is 0. The number of carbonyl (C=O) groups excluding carboxylic acids is 2. The molecule has 1 aliphatic carbocycles. The van der Waals surface area contributed by atoms with Gasteiger partial charge in [0.2, 0.25) is 11.8 Å². The number of amides is 2. The highest BCUT2D eigenvalue weighted by atomic mass is 16.2. The molecule has 0 spiro atoms. The molecule has 0 bridgehead atoms. The van der Waals surface area contributed by atoms with Crippen LogP contribution in [-0.4, -0.2) is 34.8 Å². The van der Waals surface area contributed by atoms with E-state index in [1.54, 1.807) is 0 Å². The summed E-state index contributed by atoms with van der Waals surface area (Å²) in [6.07, 6.45) is 9.50. The minimum Gasteiger partial charge on any atom is -0.350 e. The summed E-state index contributed by atoms with van der Waals surface area (Å²) < 4.78 is 0. The van der Waals surface area contributed by atoms with E-state index in [-0.39, 0.29) is 5.91 Å². The molecule has 1 aliphatic heterocycles. The van der Waals surface area contributed by atoms with Gasteiger partial charge in [0.05, 0.1) is 12.2 Å². The fourth-order valence-electron chi connectivity index (χ4n) is 4.38. The second-order valence-electron chi connectivity index (χ2n) is 8.28. The molecule has 148 valence electrons. The Bertz CT molecular complexity index is 632. The standard InChI is InChI=1S/C22H33N3O2/c1-17-6-5-9-20(24-17)16-23-21(26)14-19-10-12-25(13-11-19)22(27)15-18-7-3-2-4-8-18/h5-6,9,18-19H,2-4,7-8,10-16H2,1H3,(H,23,26). The number of likely N-dealkylation sites (tertiary alicyclic amines) is 1. The summed E-state index contributed by atoms with van der Waals surface area (Å²) in [5.41, 5.74) is 1.86. The quantitative estimate of drug-likeness (QED) is 0.831. The lowest BCUT2D eigenvalue weighted by Crippen LogP contribution is -2.40. The second kappa shape index (κ2) is 9.86. The average Bonchev–Trinajstić information content (AvgIpc) is 2.68. The van der Waals surface area contributed by atoms with Crippen LogP contribution in [-0.2, 0) is 16.1 Å². The lowest BCUT2D eigenvalue weighted by Gasteiger charge is -2.33. The molecule has 5 heteroatoms. The van der Waals surface area contributed by atoms with E-state index in [0.717, 1.165) is 43.7 Å². The molecule has 1 saturated heterocycles.